The van der Waals surface area contributed by atoms with Crippen LogP contribution in [0.5, 0.6) is 0 Å². The molecule has 0 heterocycles. The summed E-state index contributed by atoms with van der Waals surface area (Å²) in [5.41, 5.74) is 0.803. The number of benzene rings is 2. The Bertz CT molecular complexity index is 877. The fraction of sp³-hybridized carbons (Fsp3) is 0.364. The normalized spacial score (nSPS) is 12.9. The van der Waals surface area contributed by atoms with Crippen LogP contribution < -0.4 is 5.32 Å². The van der Waals surface area contributed by atoms with Gasteiger partial charge in [-0.15, -0.1) is 11.8 Å². The van der Waals surface area contributed by atoms with Crippen LogP contribution in [0.25, 0.3) is 0 Å². The lowest BCUT2D eigenvalue weighted by molar-refractivity contribution is -0.138. The molecule has 0 radical (unpaired) electrons. The van der Waals surface area contributed by atoms with Crippen LogP contribution in [0.3, 0.4) is 0 Å². The highest BCUT2D eigenvalue weighted by atomic mass is 35.5. The molecule has 30 heavy (non-hydrogen) atoms. The molecular formula is C22H25Cl3N2O2S. The van der Waals surface area contributed by atoms with Crippen LogP contribution in [0.15, 0.2) is 47.4 Å². The number of hydrogen-bond acceptors (Lipinski definition) is 3. The number of carbonyl (C=O) groups is 2. The predicted octanol–water partition coefficient (Wildman–Crippen LogP) is 6.07. The highest BCUT2D eigenvalue weighted by molar-refractivity contribution is 8.00. The van der Waals surface area contributed by atoms with E-state index < -0.39 is 6.04 Å². The number of hydrogen-bond donors (Lipinski definition) is 1. The number of halogens is 3. The molecule has 2 atom stereocenters. The molecule has 8 heteroatoms. The molecule has 0 aromatic heterocycles. The molecule has 2 amide bonds. The van der Waals surface area contributed by atoms with E-state index in [-0.39, 0.29) is 30.2 Å². The average Bonchev–Trinajstić information content (AvgIpc) is 2.73. The average molecular weight is 488 g/mol. The van der Waals surface area contributed by atoms with Crippen molar-refractivity contribution in [3.05, 3.63) is 63.1 Å². The van der Waals surface area contributed by atoms with E-state index in [2.05, 4.69) is 5.32 Å². The summed E-state index contributed by atoms with van der Waals surface area (Å²) in [6.07, 6.45) is 0.811. The van der Waals surface area contributed by atoms with Crippen LogP contribution in [-0.4, -0.2) is 34.6 Å². The van der Waals surface area contributed by atoms with Crippen LogP contribution >= 0.6 is 46.6 Å². The Kier molecular flexibility index (Phi) is 9.82. The van der Waals surface area contributed by atoms with E-state index in [1.165, 1.54) is 11.8 Å². The second-order valence-corrected chi connectivity index (χ2v) is 9.31. The first-order chi connectivity index (χ1) is 14.2. The van der Waals surface area contributed by atoms with Gasteiger partial charge in [0.2, 0.25) is 11.8 Å². The first-order valence-electron chi connectivity index (χ1n) is 9.63. The summed E-state index contributed by atoms with van der Waals surface area (Å²) < 4.78 is 0. The van der Waals surface area contributed by atoms with E-state index in [9.17, 15) is 9.59 Å². The van der Waals surface area contributed by atoms with Gasteiger partial charge in [0.05, 0.1) is 15.8 Å². The van der Waals surface area contributed by atoms with Crippen molar-refractivity contribution in [1.82, 2.24) is 10.2 Å². The molecular weight excluding hydrogens is 463 g/mol. The third kappa shape index (κ3) is 7.38. The van der Waals surface area contributed by atoms with E-state index in [1.54, 1.807) is 42.2 Å². The maximum Gasteiger partial charge on any atom is 0.242 e. The lowest BCUT2D eigenvalue weighted by Gasteiger charge is -2.29. The van der Waals surface area contributed by atoms with Crippen molar-refractivity contribution in [2.45, 2.75) is 50.7 Å². The summed E-state index contributed by atoms with van der Waals surface area (Å²) in [6.45, 7) is 5.93. The molecule has 0 unspecified atom stereocenters. The number of rotatable bonds is 9. The Labute approximate surface area is 197 Å². The van der Waals surface area contributed by atoms with Crippen LogP contribution in [0.4, 0.5) is 0 Å². The van der Waals surface area contributed by atoms with Crippen molar-refractivity contribution < 1.29 is 9.59 Å². The summed E-state index contributed by atoms with van der Waals surface area (Å²) in [5, 5.41) is 4.45. The van der Waals surface area contributed by atoms with Gasteiger partial charge in [0.1, 0.15) is 6.04 Å². The van der Waals surface area contributed by atoms with Crippen LogP contribution in [0.2, 0.25) is 15.1 Å². The van der Waals surface area contributed by atoms with Crippen molar-refractivity contribution in [3.63, 3.8) is 0 Å². The SMILES string of the molecule is CC[C@@H](C)NC(=O)[C@H](C)N(Cc1ccc(Cl)c(Cl)c1)C(=O)CSc1ccc(Cl)cc1. The van der Waals surface area contributed by atoms with Crippen LogP contribution in [0, 0.1) is 0 Å². The zero-order chi connectivity index (χ0) is 22.3. The van der Waals surface area contributed by atoms with E-state index in [4.69, 9.17) is 34.8 Å². The summed E-state index contributed by atoms with van der Waals surface area (Å²) in [4.78, 5) is 28.3. The first-order valence-corrected chi connectivity index (χ1v) is 11.7. The second-order valence-electron chi connectivity index (χ2n) is 7.01. The van der Waals surface area contributed by atoms with Crippen molar-refractivity contribution >= 4 is 58.4 Å². The molecule has 2 aromatic rings. The Morgan fingerprint density at radius 1 is 1.03 bits per heavy atom. The molecule has 0 fully saturated rings. The van der Waals surface area contributed by atoms with Gasteiger partial charge in [-0.05, 0) is 62.2 Å². The smallest absolute Gasteiger partial charge is 0.242 e. The number of thioether (sulfide) groups is 1. The molecule has 0 aliphatic carbocycles. The summed E-state index contributed by atoms with van der Waals surface area (Å²) in [7, 11) is 0. The maximum absolute atomic E-state index is 13.1. The number of carbonyl (C=O) groups excluding carboxylic acids is 2. The molecule has 0 aliphatic rings. The van der Waals surface area contributed by atoms with Gasteiger partial charge >= 0.3 is 0 Å². The molecule has 2 rings (SSSR count). The minimum Gasteiger partial charge on any atom is -0.352 e. The topological polar surface area (TPSA) is 49.4 Å². The number of nitrogens with one attached hydrogen (secondary N) is 1. The van der Waals surface area contributed by atoms with E-state index in [0.29, 0.717) is 15.1 Å². The Morgan fingerprint density at radius 2 is 1.70 bits per heavy atom. The molecule has 162 valence electrons. The lowest BCUT2D eigenvalue weighted by Crippen LogP contribution is -2.50. The maximum atomic E-state index is 13.1. The molecule has 1 N–H and O–H groups in total. The largest absolute Gasteiger partial charge is 0.352 e. The van der Waals surface area contributed by atoms with Crippen molar-refractivity contribution in [2.75, 3.05) is 5.75 Å². The van der Waals surface area contributed by atoms with Gasteiger partial charge in [-0.2, -0.15) is 0 Å². The van der Waals surface area contributed by atoms with Gasteiger partial charge in [0.25, 0.3) is 0 Å². The van der Waals surface area contributed by atoms with Crippen LogP contribution in [-0.2, 0) is 16.1 Å². The molecule has 2 aromatic carbocycles. The molecule has 0 bridgehead atoms. The summed E-state index contributed by atoms with van der Waals surface area (Å²) in [6, 6.07) is 11.9. The highest BCUT2D eigenvalue weighted by Gasteiger charge is 2.27. The van der Waals surface area contributed by atoms with Gasteiger partial charge in [-0.3, -0.25) is 9.59 Å². The van der Waals surface area contributed by atoms with E-state index >= 15 is 0 Å². The van der Waals surface area contributed by atoms with Crippen molar-refractivity contribution in [1.29, 1.82) is 0 Å². The fourth-order valence-corrected chi connectivity index (χ4v) is 3.87. The van der Waals surface area contributed by atoms with Gasteiger partial charge in [0, 0.05) is 22.5 Å². The minimum absolute atomic E-state index is 0.0327. The summed E-state index contributed by atoms with van der Waals surface area (Å²) >= 11 is 19.5. The molecule has 0 saturated carbocycles. The molecule has 0 spiro atoms. The fourth-order valence-electron chi connectivity index (χ4n) is 2.64. The first kappa shape index (κ1) is 24.9. The van der Waals surface area contributed by atoms with Gasteiger partial charge in [0.15, 0.2) is 0 Å². The monoisotopic (exact) mass is 486 g/mol. The van der Waals surface area contributed by atoms with Crippen molar-refractivity contribution in [3.8, 4) is 0 Å². The number of amides is 2. The standard InChI is InChI=1S/C22H25Cl3N2O2S/c1-4-14(2)26-22(29)15(3)27(12-16-5-10-19(24)20(25)11-16)21(28)13-30-18-8-6-17(23)7-9-18/h5-11,14-15H,4,12-13H2,1-3H3,(H,26,29)/t14-,15+/m1/s1. The summed E-state index contributed by atoms with van der Waals surface area (Å²) in [5.74, 6) is -0.133. The van der Waals surface area contributed by atoms with E-state index in [0.717, 1.165) is 16.9 Å². The Balaban J connectivity index is 2.17. The van der Waals surface area contributed by atoms with Crippen molar-refractivity contribution in [2.24, 2.45) is 0 Å². The van der Waals surface area contributed by atoms with Gasteiger partial charge in [-0.1, -0.05) is 47.8 Å². The lowest BCUT2D eigenvalue weighted by atomic mass is 10.1. The zero-order valence-corrected chi connectivity index (χ0v) is 20.2. The van der Waals surface area contributed by atoms with Gasteiger partial charge < -0.3 is 10.2 Å². The van der Waals surface area contributed by atoms with Gasteiger partial charge in [-0.25, -0.2) is 0 Å². The minimum atomic E-state index is -0.633. The predicted molar refractivity (Wildman–Crippen MR) is 127 cm³/mol. The number of nitrogens with zero attached hydrogens (tertiary/aromatic N) is 1. The molecule has 0 saturated heterocycles. The third-order valence-electron chi connectivity index (χ3n) is 4.68. The quantitative estimate of drug-likeness (QED) is 0.437. The zero-order valence-electron chi connectivity index (χ0n) is 17.1. The Morgan fingerprint density at radius 3 is 2.30 bits per heavy atom. The second kappa shape index (κ2) is 11.8. The van der Waals surface area contributed by atoms with Crippen LogP contribution in [0.1, 0.15) is 32.8 Å². The van der Waals surface area contributed by atoms with E-state index in [1.807, 2.05) is 26.0 Å². The Hall–Kier alpha value is -1.40. The highest BCUT2D eigenvalue weighted by Crippen LogP contribution is 2.25. The molecule has 4 nitrogen and oxygen atoms in total. The molecule has 0 aliphatic heterocycles. The third-order valence-corrected chi connectivity index (χ3v) is 6.67.